The summed E-state index contributed by atoms with van der Waals surface area (Å²) in [4.78, 5) is 14.0. The SMILES string of the molecule is CCN(c1cccc(C)c1)c1cc(N2CCCCC2)nc(C)n1. The van der Waals surface area contributed by atoms with Crippen molar-refractivity contribution < 1.29 is 0 Å². The smallest absolute Gasteiger partial charge is 0.138 e. The van der Waals surface area contributed by atoms with Gasteiger partial charge in [-0.25, -0.2) is 9.97 Å². The average molecular weight is 310 g/mol. The van der Waals surface area contributed by atoms with Crippen LogP contribution >= 0.6 is 0 Å². The minimum absolute atomic E-state index is 0.842. The van der Waals surface area contributed by atoms with Crippen molar-refractivity contribution in [2.24, 2.45) is 0 Å². The first kappa shape index (κ1) is 15.8. The van der Waals surface area contributed by atoms with E-state index in [0.717, 1.165) is 37.1 Å². The van der Waals surface area contributed by atoms with Gasteiger partial charge in [0.15, 0.2) is 0 Å². The van der Waals surface area contributed by atoms with Crippen molar-refractivity contribution in [3.8, 4) is 0 Å². The molecule has 0 N–H and O–H groups in total. The van der Waals surface area contributed by atoms with Crippen LogP contribution in [0.1, 0.15) is 37.6 Å². The molecule has 122 valence electrons. The number of hydrogen-bond acceptors (Lipinski definition) is 4. The molecule has 1 aliphatic rings. The van der Waals surface area contributed by atoms with Gasteiger partial charge < -0.3 is 9.80 Å². The van der Waals surface area contributed by atoms with Gasteiger partial charge in [0, 0.05) is 31.4 Å². The number of benzene rings is 1. The van der Waals surface area contributed by atoms with Crippen LogP contribution in [0.25, 0.3) is 0 Å². The van der Waals surface area contributed by atoms with Crippen molar-refractivity contribution in [1.82, 2.24) is 9.97 Å². The Balaban J connectivity index is 1.95. The van der Waals surface area contributed by atoms with E-state index in [1.165, 1.54) is 30.5 Å². The molecular weight excluding hydrogens is 284 g/mol. The van der Waals surface area contributed by atoms with E-state index in [0.29, 0.717) is 0 Å². The third kappa shape index (κ3) is 3.63. The Morgan fingerprint density at radius 3 is 2.52 bits per heavy atom. The van der Waals surface area contributed by atoms with Gasteiger partial charge in [-0.3, -0.25) is 0 Å². The molecule has 0 atom stereocenters. The number of anilines is 3. The van der Waals surface area contributed by atoms with Crippen molar-refractivity contribution in [2.45, 2.75) is 40.0 Å². The highest BCUT2D eigenvalue weighted by atomic mass is 15.2. The topological polar surface area (TPSA) is 32.3 Å². The lowest BCUT2D eigenvalue weighted by Gasteiger charge is -2.29. The third-order valence-electron chi connectivity index (χ3n) is 4.40. The Labute approximate surface area is 139 Å². The Hall–Kier alpha value is -2.10. The van der Waals surface area contributed by atoms with Crippen molar-refractivity contribution in [3.05, 3.63) is 41.7 Å². The number of aryl methyl sites for hydroxylation is 2. The molecule has 0 spiro atoms. The maximum Gasteiger partial charge on any atom is 0.138 e. The molecule has 0 bridgehead atoms. The number of nitrogens with zero attached hydrogens (tertiary/aromatic N) is 4. The van der Waals surface area contributed by atoms with Gasteiger partial charge in [-0.1, -0.05) is 12.1 Å². The number of aromatic nitrogens is 2. The van der Waals surface area contributed by atoms with Gasteiger partial charge in [0.1, 0.15) is 17.5 Å². The first-order valence-electron chi connectivity index (χ1n) is 8.62. The van der Waals surface area contributed by atoms with Crippen molar-refractivity contribution >= 4 is 17.3 Å². The summed E-state index contributed by atoms with van der Waals surface area (Å²) in [7, 11) is 0. The van der Waals surface area contributed by atoms with Crippen LogP contribution in [-0.2, 0) is 0 Å². The van der Waals surface area contributed by atoms with E-state index >= 15 is 0 Å². The summed E-state index contributed by atoms with van der Waals surface area (Å²) in [6.07, 6.45) is 3.85. The summed E-state index contributed by atoms with van der Waals surface area (Å²) >= 11 is 0. The van der Waals surface area contributed by atoms with Crippen LogP contribution in [0, 0.1) is 13.8 Å². The van der Waals surface area contributed by atoms with E-state index in [-0.39, 0.29) is 0 Å². The first-order valence-corrected chi connectivity index (χ1v) is 8.62. The minimum atomic E-state index is 0.842. The van der Waals surface area contributed by atoms with Gasteiger partial charge in [-0.05, 0) is 57.7 Å². The zero-order valence-corrected chi connectivity index (χ0v) is 14.4. The molecule has 0 aliphatic carbocycles. The summed E-state index contributed by atoms with van der Waals surface area (Å²) in [5.74, 6) is 2.90. The van der Waals surface area contributed by atoms with Crippen LogP contribution in [0.15, 0.2) is 30.3 Å². The van der Waals surface area contributed by atoms with Crippen molar-refractivity contribution in [2.75, 3.05) is 29.4 Å². The molecule has 2 aromatic rings. The van der Waals surface area contributed by atoms with Crippen LogP contribution in [0.2, 0.25) is 0 Å². The summed E-state index contributed by atoms with van der Waals surface area (Å²) in [5, 5.41) is 0. The van der Waals surface area contributed by atoms with Crippen molar-refractivity contribution in [1.29, 1.82) is 0 Å². The molecule has 1 aromatic heterocycles. The Bertz CT molecular complexity index is 662. The van der Waals surface area contributed by atoms with E-state index in [4.69, 9.17) is 4.98 Å². The molecule has 3 rings (SSSR count). The van der Waals surface area contributed by atoms with Crippen LogP contribution in [-0.4, -0.2) is 29.6 Å². The first-order chi connectivity index (χ1) is 11.2. The van der Waals surface area contributed by atoms with Crippen LogP contribution in [0.3, 0.4) is 0 Å². The lowest BCUT2D eigenvalue weighted by Crippen LogP contribution is -2.31. The minimum Gasteiger partial charge on any atom is -0.356 e. The van der Waals surface area contributed by atoms with E-state index in [1.807, 2.05) is 6.92 Å². The number of hydrogen-bond donors (Lipinski definition) is 0. The molecule has 0 saturated carbocycles. The van der Waals surface area contributed by atoms with E-state index in [2.05, 4.69) is 59.0 Å². The van der Waals surface area contributed by atoms with Crippen LogP contribution in [0.5, 0.6) is 0 Å². The Morgan fingerprint density at radius 2 is 1.83 bits per heavy atom. The van der Waals surface area contributed by atoms with Gasteiger partial charge in [0.2, 0.25) is 0 Å². The average Bonchev–Trinajstić information content (AvgIpc) is 2.56. The lowest BCUT2D eigenvalue weighted by atomic mass is 10.1. The largest absolute Gasteiger partial charge is 0.356 e. The Morgan fingerprint density at radius 1 is 1.04 bits per heavy atom. The summed E-state index contributed by atoms with van der Waals surface area (Å²) < 4.78 is 0. The van der Waals surface area contributed by atoms with Crippen LogP contribution in [0.4, 0.5) is 17.3 Å². The number of rotatable bonds is 4. The fourth-order valence-electron chi connectivity index (χ4n) is 3.23. The van der Waals surface area contributed by atoms with Crippen molar-refractivity contribution in [3.63, 3.8) is 0 Å². The predicted molar refractivity (Wildman–Crippen MR) is 96.7 cm³/mol. The highest BCUT2D eigenvalue weighted by Crippen LogP contribution is 2.28. The molecule has 2 heterocycles. The highest BCUT2D eigenvalue weighted by molar-refractivity contribution is 5.63. The van der Waals surface area contributed by atoms with Gasteiger partial charge in [0.05, 0.1) is 0 Å². The normalized spacial score (nSPS) is 14.8. The molecule has 1 aromatic carbocycles. The zero-order valence-electron chi connectivity index (χ0n) is 14.4. The van der Waals surface area contributed by atoms with E-state index in [1.54, 1.807) is 0 Å². The fourth-order valence-corrected chi connectivity index (χ4v) is 3.23. The highest BCUT2D eigenvalue weighted by Gasteiger charge is 2.16. The Kier molecular flexibility index (Phi) is 4.79. The molecule has 4 heteroatoms. The molecule has 1 fully saturated rings. The molecule has 1 saturated heterocycles. The fraction of sp³-hybridized carbons (Fsp3) is 0.474. The lowest BCUT2D eigenvalue weighted by molar-refractivity contribution is 0.572. The molecule has 23 heavy (non-hydrogen) atoms. The molecular formula is C19H26N4. The molecule has 0 radical (unpaired) electrons. The van der Waals surface area contributed by atoms with Gasteiger partial charge in [0.25, 0.3) is 0 Å². The summed E-state index contributed by atoms with van der Waals surface area (Å²) in [6.45, 7) is 9.38. The molecule has 0 amide bonds. The number of piperidine rings is 1. The van der Waals surface area contributed by atoms with E-state index in [9.17, 15) is 0 Å². The quantitative estimate of drug-likeness (QED) is 0.845. The summed E-state index contributed by atoms with van der Waals surface area (Å²) in [6, 6.07) is 10.7. The third-order valence-corrected chi connectivity index (χ3v) is 4.40. The van der Waals surface area contributed by atoms with Crippen LogP contribution < -0.4 is 9.80 Å². The van der Waals surface area contributed by atoms with Gasteiger partial charge in [-0.2, -0.15) is 0 Å². The maximum absolute atomic E-state index is 4.69. The maximum atomic E-state index is 4.69. The monoisotopic (exact) mass is 310 g/mol. The second kappa shape index (κ2) is 6.99. The summed E-state index contributed by atoms with van der Waals surface area (Å²) in [5.41, 5.74) is 2.46. The second-order valence-corrected chi connectivity index (χ2v) is 6.26. The zero-order chi connectivity index (χ0) is 16.2. The van der Waals surface area contributed by atoms with Gasteiger partial charge in [-0.15, -0.1) is 0 Å². The molecule has 1 aliphatic heterocycles. The molecule has 4 nitrogen and oxygen atoms in total. The molecule has 0 unspecified atom stereocenters. The predicted octanol–water partition coefficient (Wildman–Crippen LogP) is 4.24. The second-order valence-electron chi connectivity index (χ2n) is 6.26. The standard InChI is InChI=1S/C19H26N4/c1-4-23(17-10-8-9-15(2)13-17)19-14-18(20-16(3)21-19)22-11-6-5-7-12-22/h8-10,13-14H,4-7,11-12H2,1-3H3. The van der Waals surface area contributed by atoms with Gasteiger partial charge >= 0.3 is 0 Å². The van der Waals surface area contributed by atoms with E-state index < -0.39 is 0 Å².